The second kappa shape index (κ2) is 9.78. The van der Waals surface area contributed by atoms with E-state index in [2.05, 4.69) is 0 Å². The van der Waals surface area contributed by atoms with Crippen LogP contribution in [0.2, 0.25) is 5.02 Å². The summed E-state index contributed by atoms with van der Waals surface area (Å²) in [6, 6.07) is 27.2. The van der Waals surface area contributed by atoms with Gasteiger partial charge in [0.1, 0.15) is 5.75 Å². The lowest BCUT2D eigenvalue weighted by atomic mass is 10.1. The van der Waals surface area contributed by atoms with Gasteiger partial charge >= 0.3 is 5.97 Å². The third-order valence-corrected chi connectivity index (χ3v) is 6.73. The summed E-state index contributed by atoms with van der Waals surface area (Å²) >= 11 is 6.96. The SMILES string of the molecule is O=C(Oc1cccc(/C=C2\SC(=O)N(Cc3ccc4ccccc4c3)C2=O)c1)c1ccccc1Cl. The van der Waals surface area contributed by atoms with Crippen molar-refractivity contribution in [3.05, 3.63) is 118 Å². The average Bonchev–Trinajstić information content (AvgIpc) is 3.11. The van der Waals surface area contributed by atoms with Gasteiger partial charge in [0.05, 0.1) is 22.0 Å². The molecule has 172 valence electrons. The number of halogens is 1. The third kappa shape index (κ3) is 4.99. The van der Waals surface area contributed by atoms with E-state index in [1.165, 1.54) is 4.90 Å². The number of nitrogens with zero attached hydrogens (tertiary/aromatic N) is 1. The number of carbonyl (C=O) groups is 3. The van der Waals surface area contributed by atoms with E-state index in [1.807, 2.05) is 42.5 Å². The van der Waals surface area contributed by atoms with Gasteiger partial charge < -0.3 is 4.74 Å². The maximum Gasteiger partial charge on any atom is 0.345 e. The van der Waals surface area contributed by atoms with Crippen LogP contribution < -0.4 is 4.74 Å². The highest BCUT2D eigenvalue weighted by molar-refractivity contribution is 8.18. The van der Waals surface area contributed by atoms with Gasteiger partial charge in [-0.15, -0.1) is 0 Å². The number of hydrogen-bond acceptors (Lipinski definition) is 5. The lowest BCUT2D eigenvalue weighted by Crippen LogP contribution is -2.27. The first-order chi connectivity index (χ1) is 17.0. The minimum atomic E-state index is -0.580. The summed E-state index contributed by atoms with van der Waals surface area (Å²) in [5.41, 5.74) is 1.76. The molecular formula is C28H18ClNO4S. The molecule has 0 aromatic heterocycles. The van der Waals surface area contributed by atoms with Crippen molar-refractivity contribution in [2.24, 2.45) is 0 Å². The summed E-state index contributed by atoms with van der Waals surface area (Å²) < 4.78 is 5.45. The van der Waals surface area contributed by atoms with Crippen LogP contribution in [0, 0.1) is 0 Å². The highest BCUT2D eigenvalue weighted by atomic mass is 35.5. The quantitative estimate of drug-likeness (QED) is 0.169. The topological polar surface area (TPSA) is 63.7 Å². The maximum absolute atomic E-state index is 13.0. The first-order valence-electron chi connectivity index (χ1n) is 10.8. The summed E-state index contributed by atoms with van der Waals surface area (Å²) in [5, 5.41) is 2.13. The number of benzene rings is 4. The van der Waals surface area contributed by atoms with Crippen LogP contribution in [-0.4, -0.2) is 22.0 Å². The van der Waals surface area contributed by atoms with E-state index in [1.54, 1.807) is 54.6 Å². The molecule has 7 heteroatoms. The van der Waals surface area contributed by atoms with Gasteiger partial charge in [0.15, 0.2) is 0 Å². The van der Waals surface area contributed by atoms with E-state index in [9.17, 15) is 14.4 Å². The molecule has 1 saturated heterocycles. The van der Waals surface area contributed by atoms with Crippen molar-refractivity contribution in [3.63, 3.8) is 0 Å². The van der Waals surface area contributed by atoms with E-state index in [4.69, 9.17) is 16.3 Å². The number of fused-ring (bicyclic) bond motifs is 1. The van der Waals surface area contributed by atoms with Gasteiger partial charge in [0.25, 0.3) is 11.1 Å². The van der Waals surface area contributed by atoms with Crippen LogP contribution in [0.3, 0.4) is 0 Å². The highest BCUT2D eigenvalue weighted by Gasteiger charge is 2.35. The Labute approximate surface area is 211 Å². The number of amides is 2. The van der Waals surface area contributed by atoms with Crippen LogP contribution in [-0.2, 0) is 11.3 Å². The van der Waals surface area contributed by atoms with Gasteiger partial charge in [-0.1, -0.05) is 72.3 Å². The summed E-state index contributed by atoms with van der Waals surface area (Å²) in [5.74, 6) is -0.630. The fourth-order valence-corrected chi connectivity index (χ4v) is 4.82. The molecule has 2 amide bonds. The van der Waals surface area contributed by atoms with Gasteiger partial charge in [-0.05, 0) is 70.1 Å². The fourth-order valence-electron chi connectivity index (χ4n) is 3.76. The molecule has 0 radical (unpaired) electrons. The molecule has 0 aliphatic carbocycles. The Morgan fingerprint density at radius 3 is 2.49 bits per heavy atom. The standard InChI is InChI=1S/C28H18ClNO4S/c29-24-11-4-3-10-23(24)27(32)34-22-9-5-6-18(15-22)16-25-26(31)30(28(33)35-25)17-19-12-13-20-7-1-2-8-21(20)14-19/h1-16H,17H2/b25-16-. The Morgan fingerprint density at radius 2 is 1.66 bits per heavy atom. The monoisotopic (exact) mass is 499 g/mol. The van der Waals surface area contributed by atoms with Gasteiger partial charge in [0, 0.05) is 0 Å². The number of ether oxygens (including phenoxy) is 1. The molecule has 5 nitrogen and oxygen atoms in total. The van der Waals surface area contributed by atoms with Crippen molar-refractivity contribution in [1.29, 1.82) is 0 Å². The molecule has 1 fully saturated rings. The Morgan fingerprint density at radius 1 is 0.886 bits per heavy atom. The summed E-state index contributed by atoms with van der Waals surface area (Å²) in [4.78, 5) is 39.6. The van der Waals surface area contributed by atoms with E-state index < -0.39 is 5.97 Å². The van der Waals surface area contributed by atoms with Gasteiger partial charge in [-0.3, -0.25) is 14.5 Å². The van der Waals surface area contributed by atoms with E-state index in [0.717, 1.165) is 28.1 Å². The lowest BCUT2D eigenvalue weighted by molar-refractivity contribution is -0.123. The number of thioether (sulfide) groups is 1. The number of imide groups is 1. The molecule has 1 heterocycles. The number of carbonyl (C=O) groups excluding carboxylic acids is 3. The molecular weight excluding hydrogens is 482 g/mol. The fraction of sp³-hybridized carbons (Fsp3) is 0.0357. The minimum Gasteiger partial charge on any atom is -0.423 e. The molecule has 0 saturated carbocycles. The van der Waals surface area contributed by atoms with Crippen LogP contribution in [0.4, 0.5) is 4.79 Å². The Balaban J connectivity index is 1.32. The second-order valence-electron chi connectivity index (χ2n) is 7.89. The molecule has 0 unspecified atom stereocenters. The van der Waals surface area contributed by atoms with E-state index >= 15 is 0 Å². The molecule has 1 aliphatic heterocycles. The maximum atomic E-state index is 13.0. The molecule has 0 N–H and O–H groups in total. The molecule has 5 rings (SSSR count). The van der Waals surface area contributed by atoms with E-state index in [0.29, 0.717) is 21.2 Å². The van der Waals surface area contributed by atoms with E-state index in [-0.39, 0.29) is 23.3 Å². The molecule has 0 atom stereocenters. The number of hydrogen-bond donors (Lipinski definition) is 0. The van der Waals surface area contributed by atoms with Crippen molar-refractivity contribution >= 4 is 57.3 Å². The van der Waals surface area contributed by atoms with Crippen LogP contribution in [0.15, 0.2) is 95.9 Å². The van der Waals surface area contributed by atoms with Crippen molar-refractivity contribution in [1.82, 2.24) is 4.90 Å². The van der Waals surface area contributed by atoms with Crippen molar-refractivity contribution < 1.29 is 19.1 Å². The molecule has 0 spiro atoms. The summed E-state index contributed by atoms with van der Waals surface area (Å²) in [6.07, 6.45) is 1.62. The molecule has 4 aromatic rings. The summed E-state index contributed by atoms with van der Waals surface area (Å²) in [7, 11) is 0. The minimum absolute atomic E-state index is 0.197. The van der Waals surface area contributed by atoms with Gasteiger partial charge in [-0.25, -0.2) is 4.79 Å². The van der Waals surface area contributed by atoms with Crippen molar-refractivity contribution in [3.8, 4) is 5.75 Å². The Bertz CT molecular complexity index is 1510. The molecule has 35 heavy (non-hydrogen) atoms. The predicted molar refractivity (Wildman–Crippen MR) is 138 cm³/mol. The van der Waals surface area contributed by atoms with Crippen LogP contribution in [0.1, 0.15) is 21.5 Å². The zero-order chi connectivity index (χ0) is 24.4. The Kier molecular flexibility index (Phi) is 6.40. The number of rotatable bonds is 5. The Hall–Kier alpha value is -3.87. The molecule has 0 bridgehead atoms. The first-order valence-corrected chi connectivity index (χ1v) is 12.0. The number of esters is 1. The normalized spacial score (nSPS) is 14.7. The van der Waals surface area contributed by atoms with Crippen molar-refractivity contribution in [2.45, 2.75) is 6.54 Å². The smallest absolute Gasteiger partial charge is 0.345 e. The van der Waals surface area contributed by atoms with Crippen LogP contribution in [0.25, 0.3) is 16.8 Å². The first kappa shape index (κ1) is 22.9. The van der Waals surface area contributed by atoms with Crippen LogP contribution in [0.5, 0.6) is 5.75 Å². The molecule has 1 aliphatic rings. The molecule has 4 aromatic carbocycles. The zero-order valence-corrected chi connectivity index (χ0v) is 19.9. The lowest BCUT2D eigenvalue weighted by Gasteiger charge is -2.13. The van der Waals surface area contributed by atoms with Crippen molar-refractivity contribution in [2.75, 3.05) is 0 Å². The zero-order valence-electron chi connectivity index (χ0n) is 18.3. The largest absolute Gasteiger partial charge is 0.423 e. The van der Waals surface area contributed by atoms with Gasteiger partial charge in [0.2, 0.25) is 0 Å². The van der Waals surface area contributed by atoms with Crippen LogP contribution >= 0.6 is 23.4 Å². The third-order valence-electron chi connectivity index (χ3n) is 5.49. The predicted octanol–water partition coefficient (Wildman–Crippen LogP) is 6.95. The highest BCUT2D eigenvalue weighted by Crippen LogP contribution is 2.34. The van der Waals surface area contributed by atoms with Gasteiger partial charge in [-0.2, -0.15) is 0 Å². The summed E-state index contributed by atoms with van der Waals surface area (Å²) in [6.45, 7) is 0.197. The average molecular weight is 500 g/mol. The second-order valence-corrected chi connectivity index (χ2v) is 9.29.